The molecule has 0 aliphatic carbocycles. The van der Waals surface area contributed by atoms with Gasteiger partial charge in [-0.15, -0.1) is 10.2 Å². The molecular formula is C14H19N5OS. The summed E-state index contributed by atoms with van der Waals surface area (Å²) in [5, 5.41) is 13.1. The average molecular weight is 305 g/mol. The number of hydrogen-bond donors (Lipinski definition) is 1. The number of anilines is 1. The van der Waals surface area contributed by atoms with Gasteiger partial charge in [0.25, 0.3) is 5.91 Å². The molecule has 0 bridgehead atoms. The highest BCUT2D eigenvalue weighted by atomic mass is 32.1. The maximum atomic E-state index is 12.2. The van der Waals surface area contributed by atoms with Crippen LogP contribution in [0.1, 0.15) is 37.2 Å². The maximum Gasteiger partial charge on any atom is 0.268 e. The monoisotopic (exact) mass is 305 g/mol. The highest BCUT2D eigenvalue weighted by molar-refractivity contribution is 7.17. The molecule has 0 atom stereocenters. The summed E-state index contributed by atoms with van der Waals surface area (Å²) in [4.78, 5) is 14.4. The van der Waals surface area contributed by atoms with E-state index in [2.05, 4.69) is 20.4 Å². The molecule has 1 aliphatic rings. The van der Waals surface area contributed by atoms with Gasteiger partial charge in [-0.05, 0) is 38.8 Å². The van der Waals surface area contributed by atoms with Crippen molar-refractivity contribution in [3.63, 3.8) is 0 Å². The van der Waals surface area contributed by atoms with Crippen molar-refractivity contribution >= 4 is 22.4 Å². The van der Waals surface area contributed by atoms with Gasteiger partial charge < -0.3 is 10.2 Å². The van der Waals surface area contributed by atoms with Crippen molar-refractivity contribution < 1.29 is 4.79 Å². The molecule has 7 heteroatoms. The van der Waals surface area contributed by atoms with E-state index in [9.17, 15) is 4.79 Å². The Bertz CT molecular complexity index is 627. The van der Waals surface area contributed by atoms with E-state index in [0.717, 1.165) is 23.4 Å². The molecular weight excluding hydrogens is 286 g/mol. The maximum absolute atomic E-state index is 12.2. The number of rotatable bonds is 4. The first kappa shape index (κ1) is 14.1. The van der Waals surface area contributed by atoms with Gasteiger partial charge in [-0.2, -0.15) is 0 Å². The van der Waals surface area contributed by atoms with Crippen LogP contribution >= 0.6 is 11.3 Å². The Balaban J connectivity index is 1.84. The number of aromatic nitrogens is 3. The van der Waals surface area contributed by atoms with Gasteiger partial charge in [-0.1, -0.05) is 11.3 Å². The van der Waals surface area contributed by atoms with Crippen molar-refractivity contribution in [1.29, 1.82) is 0 Å². The molecule has 3 heterocycles. The minimum Gasteiger partial charge on any atom is -0.349 e. The third kappa shape index (κ3) is 2.92. The zero-order valence-electron chi connectivity index (χ0n) is 12.2. The summed E-state index contributed by atoms with van der Waals surface area (Å²) in [6.07, 6.45) is 4.27. The molecule has 1 fully saturated rings. The number of amides is 1. The van der Waals surface area contributed by atoms with Crippen LogP contribution in [0, 0.1) is 0 Å². The van der Waals surface area contributed by atoms with Crippen molar-refractivity contribution in [3.05, 3.63) is 24.0 Å². The lowest BCUT2D eigenvalue weighted by Crippen LogP contribution is -2.31. The van der Waals surface area contributed by atoms with Crippen LogP contribution in [-0.2, 0) is 0 Å². The molecule has 1 saturated heterocycles. The predicted octanol–water partition coefficient (Wildman–Crippen LogP) is 2.07. The summed E-state index contributed by atoms with van der Waals surface area (Å²) in [5.74, 6) is -0.0899. The van der Waals surface area contributed by atoms with Crippen molar-refractivity contribution in [2.24, 2.45) is 0 Å². The lowest BCUT2D eigenvalue weighted by molar-refractivity contribution is 0.0936. The smallest absolute Gasteiger partial charge is 0.268 e. The third-order valence-electron chi connectivity index (χ3n) is 3.39. The molecule has 0 saturated carbocycles. The minimum atomic E-state index is -0.0899. The number of carbonyl (C=O) groups excluding carboxylic acids is 1. The molecule has 0 unspecified atom stereocenters. The van der Waals surface area contributed by atoms with E-state index in [4.69, 9.17) is 0 Å². The standard InChI is InChI=1S/C14H19N5OS/c1-10(2)15-12(20)11-6-5-9-19(11)14-17-16-13(21-14)18-7-3-4-8-18/h5-6,9-10H,3-4,7-8H2,1-2H3,(H,15,20). The summed E-state index contributed by atoms with van der Waals surface area (Å²) in [5.41, 5.74) is 0.591. The molecule has 1 N–H and O–H groups in total. The first-order chi connectivity index (χ1) is 10.1. The topological polar surface area (TPSA) is 63.1 Å². The highest BCUT2D eigenvalue weighted by Gasteiger charge is 2.19. The molecule has 3 rings (SSSR count). The molecule has 2 aromatic heterocycles. The number of nitrogens with zero attached hydrogens (tertiary/aromatic N) is 4. The number of carbonyl (C=O) groups is 1. The molecule has 21 heavy (non-hydrogen) atoms. The molecule has 0 spiro atoms. The lowest BCUT2D eigenvalue weighted by Gasteiger charge is -2.11. The lowest BCUT2D eigenvalue weighted by atomic mass is 10.3. The normalized spacial score (nSPS) is 14.9. The summed E-state index contributed by atoms with van der Waals surface area (Å²) < 4.78 is 1.80. The zero-order chi connectivity index (χ0) is 14.8. The Morgan fingerprint density at radius 3 is 2.71 bits per heavy atom. The Hall–Kier alpha value is -1.89. The molecule has 0 radical (unpaired) electrons. The van der Waals surface area contributed by atoms with Gasteiger partial charge in [0.2, 0.25) is 10.3 Å². The average Bonchev–Trinajstić information content (AvgIpc) is 3.18. The van der Waals surface area contributed by atoms with E-state index in [-0.39, 0.29) is 11.9 Å². The van der Waals surface area contributed by atoms with Crippen LogP contribution in [0.5, 0.6) is 0 Å². The second-order valence-corrected chi connectivity index (χ2v) is 6.39. The molecule has 6 nitrogen and oxygen atoms in total. The van der Waals surface area contributed by atoms with E-state index in [1.54, 1.807) is 10.6 Å². The Labute approximate surface area is 127 Å². The van der Waals surface area contributed by atoms with Gasteiger partial charge >= 0.3 is 0 Å². The molecule has 1 amide bonds. The van der Waals surface area contributed by atoms with Gasteiger partial charge in [-0.25, -0.2) is 0 Å². The van der Waals surface area contributed by atoms with E-state index >= 15 is 0 Å². The van der Waals surface area contributed by atoms with Crippen LogP contribution in [0.25, 0.3) is 5.13 Å². The molecule has 0 aromatic carbocycles. The molecule has 2 aromatic rings. The van der Waals surface area contributed by atoms with Crippen LogP contribution < -0.4 is 10.2 Å². The Kier molecular flexibility index (Phi) is 3.92. The number of hydrogen-bond acceptors (Lipinski definition) is 5. The van der Waals surface area contributed by atoms with Crippen LogP contribution in [0.4, 0.5) is 5.13 Å². The minimum absolute atomic E-state index is 0.0899. The summed E-state index contributed by atoms with van der Waals surface area (Å²) in [6.45, 7) is 5.98. The Morgan fingerprint density at radius 1 is 1.29 bits per heavy atom. The molecule has 1 aliphatic heterocycles. The fraction of sp³-hybridized carbons (Fsp3) is 0.500. The summed E-state index contributed by atoms with van der Waals surface area (Å²) in [6, 6.07) is 3.76. The first-order valence-corrected chi connectivity index (χ1v) is 8.04. The molecule has 112 valence electrons. The van der Waals surface area contributed by atoms with Gasteiger partial charge in [0.05, 0.1) is 0 Å². The summed E-state index contributed by atoms with van der Waals surface area (Å²) >= 11 is 1.52. The van der Waals surface area contributed by atoms with Crippen molar-refractivity contribution in [1.82, 2.24) is 20.1 Å². The quantitative estimate of drug-likeness (QED) is 0.939. The van der Waals surface area contributed by atoms with E-state index < -0.39 is 0 Å². The van der Waals surface area contributed by atoms with Gasteiger partial charge in [-0.3, -0.25) is 9.36 Å². The van der Waals surface area contributed by atoms with Crippen LogP contribution in [0.3, 0.4) is 0 Å². The van der Waals surface area contributed by atoms with Gasteiger partial charge in [0.15, 0.2) is 0 Å². The fourth-order valence-corrected chi connectivity index (χ4v) is 3.31. The van der Waals surface area contributed by atoms with Crippen molar-refractivity contribution in [2.45, 2.75) is 32.7 Å². The van der Waals surface area contributed by atoms with Crippen LogP contribution in [0.2, 0.25) is 0 Å². The van der Waals surface area contributed by atoms with Gasteiger partial charge in [0, 0.05) is 25.3 Å². The second-order valence-electron chi connectivity index (χ2n) is 5.45. The predicted molar refractivity (Wildman–Crippen MR) is 83.3 cm³/mol. The van der Waals surface area contributed by atoms with E-state index in [1.807, 2.05) is 26.1 Å². The third-order valence-corrected chi connectivity index (χ3v) is 4.37. The van der Waals surface area contributed by atoms with Crippen LogP contribution in [-0.4, -0.2) is 39.8 Å². The van der Waals surface area contributed by atoms with E-state index in [0.29, 0.717) is 5.69 Å². The van der Waals surface area contributed by atoms with E-state index in [1.165, 1.54) is 24.2 Å². The van der Waals surface area contributed by atoms with Crippen molar-refractivity contribution in [2.75, 3.05) is 18.0 Å². The van der Waals surface area contributed by atoms with Crippen molar-refractivity contribution in [3.8, 4) is 5.13 Å². The Morgan fingerprint density at radius 2 is 2.00 bits per heavy atom. The second kappa shape index (κ2) is 5.85. The number of nitrogens with one attached hydrogen (secondary N) is 1. The van der Waals surface area contributed by atoms with Crippen LogP contribution in [0.15, 0.2) is 18.3 Å². The zero-order valence-corrected chi connectivity index (χ0v) is 13.1. The largest absolute Gasteiger partial charge is 0.349 e. The SMILES string of the molecule is CC(C)NC(=O)c1cccn1-c1nnc(N2CCCC2)s1. The first-order valence-electron chi connectivity index (χ1n) is 7.22. The van der Waals surface area contributed by atoms with Gasteiger partial charge in [0.1, 0.15) is 5.69 Å². The fourth-order valence-electron chi connectivity index (χ4n) is 2.41. The summed E-state index contributed by atoms with van der Waals surface area (Å²) in [7, 11) is 0. The highest BCUT2D eigenvalue weighted by Crippen LogP contribution is 2.27.